The van der Waals surface area contributed by atoms with Crippen LogP contribution in [0.3, 0.4) is 0 Å². The molecule has 0 aliphatic carbocycles. The second kappa shape index (κ2) is 6.50. The number of rotatable bonds is 2. The van der Waals surface area contributed by atoms with E-state index in [4.69, 9.17) is 16.0 Å². The minimum Gasteiger partial charge on any atom is -0.508 e. The van der Waals surface area contributed by atoms with E-state index in [-0.39, 0.29) is 22.5 Å². The average Bonchev–Trinajstić information content (AvgIpc) is 3.01. The summed E-state index contributed by atoms with van der Waals surface area (Å²) in [5.41, 5.74) is 1.46. The topological polar surface area (TPSA) is 70.8 Å². The maximum Gasteiger partial charge on any atom is 0.295 e. The van der Waals surface area contributed by atoms with Gasteiger partial charge in [-0.25, -0.2) is 0 Å². The van der Waals surface area contributed by atoms with Crippen molar-refractivity contribution in [3.8, 4) is 5.75 Å². The number of carbonyl (C=O) groups is 1. The first-order valence-corrected chi connectivity index (χ1v) is 9.36. The number of benzene rings is 3. The summed E-state index contributed by atoms with van der Waals surface area (Å²) < 4.78 is 5.87. The second-order valence-electron chi connectivity index (χ2n) is 6.82. The first kappa shape index (κ1) is 17.5. The molecule has 3 aromatic carbocycles. The van der Waals surface area contributed by atoms with E-state index >= 15 is 0 Å². The summed E-state index contributed by atoms with van der Waals surface area (Å²) in [6, 6.07) is 19.4. The van der Waals surface area contributed by atoms with Gasteiger partial charge in [0.25, 0.3) is 5.91 Å². The van der Waals surface area contributed by atoms with Gasteiger partial charge in [-0.1, -0.05) is 41.9 Å². The van der Waals surface area contributed by atoms with Gasteiger partial charge >= 0.3 is 0 Å². The van der Waals surface area contributed by atoms with Crippen molar-refractivity contribution in [1.29, 1.82) is 0 Å². The number of aromatic hydroxyl groups is 1. The van der Waals surface area contributed by atoms with Crippen LogP contribution < -0.4 is 10.3 Å². The van der Waals surface area contributed by atoms with Crippen LogP contribution in [0.1, 0.15) is 27.7 Å². The first-order chi connectivity index (χ1) is 14.0. The predicted molar refractivity (Wildman–Crippen MR) is 111 cm³/mol. The summed E-state index contributed by atoms with van der Waals surface area (Å²) in [4.78, 5) is 28.2. The molecule has 5 nitrogen and oxygen atoms in total. The van der Waals surface area contributed by atoms with Crippen LogP contribution in [0.4, 0.5) is 5.69 Å². The summed E-state index contributed by atoms with van der Waals surface area (Å²) in [5.74, 6) is -0.389. The van der Waals surface area contributed by atoms with E-state index in [2.05, 4.69) is 0 Å². The van der Waals surface area contributed by atoms with Gasteiger partial charge < -0.3 is 9.52 Å². The molecule has 142 valence electrons. The number of hydrogen-bond donors (Lipinski definition) is 1. The summed E-state index contributed by atoms with van der Waals surface area (Å²) in [7, 11) is 0. The lowest BCUT2D eigenvalue weighted by Crippen LogP contribution is -2.29. The fraction of sp³-hybridized carbons (Fsp3) is 0.0435. The molecule has 1 unspecified atom stereocenters. The summed E-state index contributed by atoms with van der Waals surface area (Å²) in [5, 5.41) is 10.9. The fourth-order valence-corrected chi connectivity index (χ4v) is 4.01. The molecule has 0 radical (unpaired) electrons. The molecule has 0 fully saturated rings. The van der Waals surface area contributed by atoms with Crippen molar-refractivity contribution in [3.05, 3.63) is 105 Å². The maximum atomic E-state index is 13.4. The van der Waals surface area contributed by atoms with E-state index in [9.17, 15) is 14.7 Å². The molecule has 1 amide bonds. The van der Waals surface area contributed by atoms with Crippen LogP contribution in [0.5, 0.6) is 5.75 Å². The molecule has 1 aliphatic heterocycles. The zero-order valence-electron chi connectivity index (χ0n) is 15.0. The average molecular weight is 404 g/mol. The molecular weight excluding hydrogens is 390 g/mol. The Hall–Kier alpha value is -3.57. The van der Waals surface area contributed by atoms with E-state index in [1.165, 1.54) is 11.0 Å². The van der Waals surface area contributed by atoms with E-state index < -0.39 is 11.9 Å². The number of hydrogen-bond acceptors (Lipinski definition) is 4. The summed E-state index contributed by atoms with van der Waals surface area (Å²) >= 11 is 6.15. The van der Waals surface area contributed by atoms with Gasteiger partial charge in [-0.05, 0) is 48.0 Å². The lowest BCUT2D eigenvalue weighted by Gasteiger charge is -2.25. The third kappa shape index (κ3) is 2.70. The minimum atomic E-state index is -0.746. The van der Waals surface area contributed by atoms with E-state index in [0.717, 1.165) is 0 Å². The van der Waals surface area contributed by atoms with E-state index in [1.54, 1.807) is 66.7 Å². The molecule has 1 aliphatic rings. The van der Waals surface area contributed by atoms with Crippen LogP contribution in [-0.2, 0) is 0 Å². The molecule has 6 heteroatoms. The highest BCUT2D eigenvalue weighted by Gasteiger charge is 2.43. The molecule has 29 heavy (non-hydrogen) atoms. The van der Waals surface area contributed by atoms with Crippen molar-refractivity contribution >= 4 is 34.2 Å². The quantitative estimate of drug-likeness (QED) is 0.516. The van der Waals surface area contributed by atoms with Crippen molar-refractivity contribution in [2.45, 2.75) is 6.04 Å². The molecule has 0 bridgehead atoms. The monoisotopic (exact) mass is 403 g/mol. The van der Waals surface area contributed by atoms with Crippen molar-refractivity contribution in [3.63, 3.8) is 0 Å². The Labute approximate surface area is 170 Å². The highest BCUT2D eigenvalue weighted by Crippen LogP contribution is 2.42. The lowest BCUT2D eigenvalue weighted by atomic mass is 9.98. The number of fused-ring (bicyclic) bond motifs is 2. The largest absolute Gasteiger partial charge is 0.508 e. The standard InChI is InChI=1S/C23H14ClNO4/c24-14-6-4-7-15(12-14)25-20(13-5-3-8-16(26)11-13)19-21(27)17-9-1-2-10-18(17)29-22(19)23(25)28/h1-12,20,26H. The van der Waals surface area contributed by atoms with Crippen LogP contribution in [0.25, 0.3) is 11.0 Å². The molecule has 0 saturated carbocycles. The maximum absolute atomic E-state index is 13.4. The minimum absolute atomic E-state index is 0.00187. The summed E-state index contributed by atoms with van der Waals surface area (Å²) in [6.45, 7) is 0. The number of phenols is 1. The van der Waals surface area contributed by atoms with Crippen molar-refractivity contribution in [2.24, 2.45) is 0 Å². The van der Waals surface area contributed by atoms with Gasteiger partial charge in [0.2, 0.25) is 5.76 Å². The molecule has 2 heterocycles. The second-order valence-corrected chi connectivity index (χ2v) is 7.26. The normalized spacial score (nSPS) is 15.7. The number of carbonyl (C=O) groups excluding carboxylic acids is 1. The Bertz CT molecular complexity index is 1340. The molecule has 1 aromatic heterocycles. The number of halogens is 1. The zero-order chi connectivity index (χ0) is 20.1. The van der Waals surface area contributed by atoms with Crippen molar-refractivity contribution in [1.82, 2.24) is 0 Å². The zero-order valence-corrected chi connectivity index (χ0v) is 15.8. The van der Waals surface area contributed by atoms with Crippen LogP contribution in [-0.4, -0.2) is 11.0 Å². The highest BCUT2D eigenvalue weighted by molar-refractivity contribution is 6.31. The molecule has 1 atom stereocenters. The Morgan fingerprint density at radius 3 is 2.52 bits per heavy atom. The van der Waals surface area contributed by atoms with Gasteiger partial charge in [0.1, 0.15) is 11.3 Å². The van der Waals surface area contributed by atoms with Gasteiger partial charge in [0.15, 0.2) is 5.43 Å². The molecule has 5 rings (SSSR count). The Balaban J connectivity index is 1.84. The van der Waals surface area contributed by atoms with Crippen molar-refractivity contribution in [2.75, 3.05) is 4.90 Å². The van der Waals surface area contributed by atoms with Crippen LogP contribution in [0.2, 0.25) is 5.02 Å². The van der Waals surface area contributed by atoms with E-state index in [1.807, 2.05) is 0 Å². The number of amides is 1. The third-order valence-corrected chi connectivity index (χ3v) is 5.29. The lowest BCUT2D eigenvalue weighted by molar-refractivity contribution is 0.0971. The number of para-hydroxylation sites is 1. The molecule has 4 aromatic rings. The predicted octanol–water partition coefficient (Wildman–Crippen LogP) is 4.90. The molecular formula is C23H14ClNO4. The summed E-state index contributed by atoms with van der Waals surface area (Å²) in [6.07, 6.45) is 0. The van der Waals surface area contributed by atoms with E-state index in [0.29, 0.717) is 27.2 Å². The van der Waals surface area contributed by atoms with Gasteiger partial charge in [-0.15, -0.1) is 0 Å². The number of anilines is 1. The Morgan fingerprint density at radius 2 is 1.72 bits per heavy atom. The number of nitrogens with zero attached hydrogens (tertiary/aromatic N) is 1. The fourth-order valence-electron chi connectivity index (χ4n) is 3.82. The molecule has 0 spiro atoms. The van der Waals surface area contributed by atoms with Crippen LogP contribution in [0.15, 0.2) is 82.0 Å². The Kier molecular flexibility index (Phi) is 3.93. The number of phenolic OH excluding ortho intramolecular Hbond substituents is 1. The smallest absolute Gasteiger partial charge is 0.295 e. The van der Waals surface area contributed by atoms with Crippen LogP contribution in [0, 0.1) is 0 Å². The van der Waals surface area contributed by atoms with Crippen molar-refractivity contribution < 1.29 is 14.3 Å². The third-order valence-electron chi connectivity index (χ3n) is 5.05. The van der Waals surface area contributed by atoms with Gasteiger partial charge in [-0.2, -0.15) is 0 Å². The van der Waals surface area contributed by atoms with Gasteiger partial charge in [0.05, 0.1) is 17.0 Å². The highest BCUT2D eigenvalue weighted by atomic mass is 35.5. The van der Waals surface area contributed by atoms with Gasteiger partial charge in [0, 0.05) is 10.7 Å². The van der Waals surface area contributed by atoms with Gasteiger partial charge in [-0.3, -0.25) is 14.5 Å². The SMILES string of the molecule is O=C1c2oc3ccccc3c(=O)c2C(c2cccc(O)c2)N1c1cccc(Cl)c1. The van der Waals surface area contributed by atoms with Crippen LogP contribution >= 0.6 is 11.6 Å². The molecule has 1 N–H and O–H groups in total. The first-order valence-electron chi connectivity index (χ1n) is 8.98. The molecule has 0 saturated heterocycles. The Morgan fingerprint density at radius 1 is 0.931 bits per heavy atom.